The standard InChI is InChI=1S/C10H17ClN6O2S/c11-8-14-9(13-4-7-20(12,18)19)16-10(15-8)17-5-2-1-3-6-17/h1-7H2,(H2,12,18,19)(H,13,14,15,16). The summed E-state index contributed by atoms with van der Waals surface area (Å²) in [5, 5.41) is 7.79. The van der Waals surface area contributed by atoms with Crippen LogP contribution in [0.4, 0.5) is 11.9 Å². The molecule has 0 amide bonds. The maximum atomic E-state index is 10.9. The molecule has 20 heavy (non-hydrogen) atoms. The van der Waals surface area contributed by atoms with Gasteiger partial charge in [0, 0.05) is 19.6 Å². The van der Waals surface area contributed by atoms with E-state index in [1.54, 1.807) is 0 Å². The number of rotatable bonds is 5. The first kappa shape index (κ1) is 15.2. The average Bonchev–Trinajstić information content (AvgIpc) is 2.37. The number of hydrogen-bond acceptors (Lipinski definition) is 7. The number of primary sulfonamides is 1. The fraction of sp³-hybridized carbons (Fsp3) is 0.700. The third-order valence-corrected chi connectivity index (χ3v) is 3.85. The maximum Gasteiger partial charge on any atom is 0.231 e. The Bertz CT molecular complexity index is 561. The van der Waals surface area contributed by atoms with Gasteiger partial charge < -0.3 is 10.2 Å². The van der Waals surface area contributed by atoms with Crippen LogP contribution in [-0.4, -0.2) is 48.8 Å². The summed E-state index contributed by atoms with van der Waals surface area (Å²) < 4.78 is 21.7. The molecule has 0 saturated carbocycles. The molecular weight excluding hydrogens is 304 g/mol. The highest BCUT2D eigenvalue weighted by atomic mass is 35.5. The molecule has 10 heteroatoms. The molecule has 0 aromatic carbocycles. The summed E-state index contributed by atoms with van der Waals surface area (Å²) in [6.45, 7) is 1.90. The second kappa shape index (κ2) is 6.51. The quantitative estimate of drug-likeness (QED) is 0.797. The molecule has 3 N–H and O–H groups in total. The van der Waals surface area contributed by atoms with Gasteiger partial charge in [0.25, 0.3) is 0 Å². The number of nitrogens with zero attached hydrogens (tertiary/aromatic N) is 4. The van der Waals surface area contributed by atoms with Crippen LogP contribution in [0, 0.1) is 0 Å². The van der Waals surface area contributed by atoms with Gasteiger partial charge in [0.15, 0.2) is 0 Å². The van der Waals surface area contributed by atoms with Crippen LogP contribution < -0.4 is 15.4 Å². The van der Waals surface area contributed by atoms with Gasteiger partial charge in [0.05, 0.1) is 5.75 Å². The predicted octanol–water partition coefficient (Wildman–Crippen LogP) is 0.216. The van der Waals surface area contributed by atoms with E-state index in [9.17, 15) is 8.42 Å². The minimum Gasteiger partial charge on any atom is -0.353 e. The largest absolute Gasteiger partial charge is 0.353 e. The summed E-state index contributed by atoms with van der Waals surface area (Å²) >= 11 is 5.87. The molecular formula is C10H17ClN6O2S. The first-order chi connectivity index (χ1) is 9.44. The highest BCUT2D eigenvalue weighted by Gasteiger charge is 2.15. The van der Waals surface area contributed by atoms with Crippen molar-refractivity contribution in [3.8, 4) is 0 Å². The number of piperidine rings is 1. The average molecular weight is 321 g/mol. The molecule has 1 fully saturated rings. The molecule has 2 heterocycles. The fourth-order valence-electron chi connectivity index (χ4n) is 1.96. The smallest absolute Gasteiger partial charge is 0.231 e. The number of nitrogens with two attached hydrogens (primary N) is 1. The van der Waals surface area contributed by atoms with Crippen molar-refractivity contribution in [2.24, 2.45) is 5.14 Å². The van der Waals surface area contributed by atoms with Gasteiger partial charge in [-0.05, 0) is 30.9 Å². The molecule has 0 aliphatic carbocycles. The summed E-state index contributed by atoms with van der Waals surface area (Å²) in [5.74, 6) is 0.576. The zero-order valence-electron chi connectivity index (χ0n) is 10.9. The Hall–Kier alpha value is -1.19. The molecule has 1 aromatic rings. The lowest BCUT2D eigenvalue weighted by Gasteiger charge is -2.26. The second-order valence-corrected chi connectivity index (χ2v) is 6.64. The van der Waals surface area contributed by atoms with Gasteiger partial charge in [-0.2, -0.15) is 15.0 Å². The Kier molecular flexibility index (Phi) is 4.95. The van der Waals surface area contributed by atoms with E-state index in [1.165, 1.54) is 6.42 Å². The zero-order chi connectivity index (χ0) is 14.6. The zero-order valence-corrected chi connectivity index (χ0v) is 12.5. The Labute approximate surface area is 122 Å². The van der Waals surface area contributed by atoms with Gasteiger partial charge in [-0.15, -0.1) is 0 Å². The first-order valence-electron chi connectivity index (χ1n) is 6.35. The first-order valence-corrected chi connectivity index (χ1v) is 8.44. The van der Waals surface area contributed by atoms with E-state index in [0.29, 0.717) is 5.95 Å². The number of anilines is 2. The molecule has 0 bridgehead atoms. The van der Waals surface area contributed by atoms with E-state index >= 15 is 0 Å². The number of sulfonamides is 1. The van der Waals surface area contributed by atoms with Crippen LogP contribution in [0.2, 0.25) is 5.28 Å². The van der Waals surface area contributed by atoms with E-state index < -0.39 is 10.0 Å². The molecule has 1 aliphatic heterocycles. The van der Waals surface area contributed by atoms with Crippen molar-refractivity contribution < 1.29 is 8.42 Å². The normalized spacial score (nSPS) is 16.2. The van der Waals surface area contributed by atoms with Gasteiger partial charge in [-0.3, -0.25) is 0 Å². The van der Waals surface area contributed by atoms with Crippen molar-refractivity contribution in [1.29, 1.82) is 0 Å². The fourth-order valence-corrected chi connectivity index (χ4v) is 2.50. The number of hydrogen-bond donors (Lipinski definition) is 2. The van der Waals surface area contributed by atoms with Gasteiger partial charge in [-0.1, -0.05) is 0 Å². The Balaban J connectivity index is 2.04. The number of halogens is 1. The molecule has 2 rings (SSSR count). The van der Waals surface area contributed by atoms with Crippen molar-refractivity contribution in [1.82, 2.24) is 15.0 Å². The number of nitrogens with one attached hydrogen (secondary N) is 1. The van der Waals surface area contributed by atoms with Crippen molar-refractivity contribution >= 4 is 33.5 Å². The van der Waals surface area contributed by atoms with Crippen molar-refractivity contribution in [3.63, 3.8) is 0 Å². The second-order valence-electron chi connectivity index (χ2n) is 4.57. The SMILES string of the molecule is NS(=O)(=O)CCNc1nc(Cl)nc(N2CCCCC2)n1. The van der Waals surface area contributed by atoms with E-state index in [1.807, 2.05) is 4.90 Å². The van der Waals surface area contributed by atoms with Crippen LogP contribution in [0.3, 0.4) is 0 Å². The monoisotopic (exact) mass is 320 g/mol. The Morgan fingerprint density at radius 2 is 1.90 bits per heavy atom. The van der Waals surface area contributed by atoms with Crippen LogP contribution >= 0.6 is 11.6 Å². The minimum absolute atomic E-state index is 0.0821. The molecule has 0 atom stereocenters. The van der Waals surface area contributed by atoms with Crippen LogP contribution in [-0.2, 0) is 10.0 Å². The van der Waals surface area contributed by atoms with Gasteiger partial charge in [-0.25, -0.2) is 13.6 Å². The predicted molar refractivity (Wildman–Crippen MR) is 77.4 cm³/mol. The summed E-state index contributed by atoms with van der Waals surface area (Å²) in [6.07, 6.45) is 3.39. The van der Waals surface area contributed by atoms with E-state index in [0.717, 1.165) is 25.9 Å². The van der Waals surface area contributed by atoms with Gasteiger partial charge >= 0.3 is 0 Å². The highest BCUT2D eigenvalue weighted by molar-refractivity contribution is 7.89. The van der Waals surface area contributed by atoms with Crippen molar-refractivity contribution in [2.45, 2.75) is 19.3 Å². The summed E-state index contributed by atoms with van der Waals surface area (Å²) in [4.78, 5) is 14.3. The topological polar surface area (TPSA) is 114 Å². The van der Waals surface area contributed by atoms with Crippen molar-refractivity contribution in [3.05, 3.63) is 5.28 Å². The maximum absolute atomic E-state index is 10.9. The molecule has 0 unspecified atom stereocenters. The molecule has 1 saturated heterocycles. The van der Waals surface area contributed by atoms with Gasteiger partial charge in [0.1, 0.15) is 0 Å². The lowest BCUT2D eigenvalue weighted by Crippen LogP contribution is -2.31. The summed E-state index contributed by atoms with van der Waals surface area (Å²) in [7, 11) is -3.51. The van der Waals surface area contributed by atoms with Crippen LogP contribution in [0.5, 0.6) is 0 Å². The lowest BCUT2D eigenvalue weighted by atomic mass is 10.1. The Morgan fingerprint density at radius 1 is 1.20 bits per heavy atom. The van der Waals surface area contributed by atoms with Crippen molar-refractivity contribution in [2.75, 3.05) is 35.6 Å². The summed E-state index contributed by atoms with van der Waals surface area (Å²) in [6, 6.07) is 0. The molecule has 0 spiro atoms. The lowest BCUT2D eigenvalue weighted by molar-refractivity contribution is 0.567. The molecule has 1 aliphatic rings. The third kappa shape index (κ3) is 4.73. The molecule has 1 aromatic heterocycles. The Morgan fingerprint density at radius 3 is 2.55 bits per heavy atom. The minimum atomic E-state index is -3.51. The van der Waals surface area contributed by atoms with E-state index in [2.05, 4.69) is 20.3 Å². The molecule has 8 nitrogen and oxygen atoms in total. The number of aromatic nitrogens is 3. The van der Waals surface area contributed by atoms with Crippen LogP contribution in [0.15, 0.2) is 0 Å². The highest BCUT2D eigenvalue weighted by Crippen LogP contribution is 2.18. The molecule has 112 valence electrons. The van der Waals surface area contributed by atoms with E-state index in [-0.39, 0.29) is 23.5 Å². The summed E-state index contributed by atoms with van der Waals surface area (Å²) in [5.41, 5.74) is 0. The third-order valence-electron chi connectivity index (χ3n) is 2.90. The van der Waals surface area contributed by atoms with Crippen LogP contribution in [0.1, 0.15) is 19.3 Å². The molecule has 0 radical (unpaired) electrons. The van der Waals surface area contributed by atoms with Crippen LogP contribution in [0.25, 0.3) is 0 Å². The van der Waals surface area contributed by atoms with E-state index in [4.69, 9.17) is 16.7 Å². The van der Waals surface area contributed by atoms with Gasteiger partial charge in [0.2, 0.25) is 27.2 Å².